The van der Waals surface area contributed by atoms with E-state index in [2.05, 4.69) is 22.3 Å². The third-order valence-corrected chi connectivity index (χ3v) is 3.86. The maximum absolute atomic E-state index is 5.92. The van der Waals surface area contributed by atoms with Crippen LogP contribution in [0, 0.1) is 5.92 Å². The van der Waals surface area contributed by atoms with Crippen LogP contribution >= 0.6 is 11.6 Å². The lowest BCUT2D eigenvalue weighted by molar-refractivity contribution is 0.212. The normalized spacial score (nSPS) is 19.4. The van der Waals surface area contributed by atoms with Gasteiger partial charge in [0.2, 0.25) is 0 Å². The molecule has 0 aliphatic heterocycles. The van der Waals surface area contributed by atoms with Crippen LogP contribution in [0.25, 0.3) is 11.3 Å². The first-order valence-electron chi connectivity index (χ1n) is 6.90. The van der Waals surface area contributed by atoms with Crippen molar-refractivity contribution in [3.8, 4) is 11.3 Å². The van der Waals surface area contributed by atoms with Crippen LogP contribution in [0.2, 0.25) is 5.02 Å². The highest BCUT2D eigenvalue weighted by molar-refractivity contribution is 6.30. The SMILES string of the molecule is CO/N=C1\CC(C)Cc2nnc(-c3ccc(Cl)cc3)cc21. The maximum atomic E-state index is 5.92. The highest BCUT2D eigenvalue weighted by atomic mass is 35.5. The van der Waals surface area contributed by atoms with Crippen molar-refractivity contribution < 1.29 is 4.84 Å². The third kappa shape index (κ3) is 2.90. The van der Waals surface area contributed by atoms with Crippen LogP contribution in [0.1, 0.15) is 24.6 Å². The molecule has 0 bridgehead atoms. The van der Waals surface area contributed by atoms with Crippen LogP contribution in [-0.4, -0.2) is 23.0 Å². The van der Waals surface area contributed by atoms with Gasteiger partial charge in [0.25, 0.3) is 0 Å². The number of halogens is 1. The van der Waals surface area contributed by atoms with Gasteiger partial charge in [-0.15, -0.1) is 0 Å². The largest absolute Gasteiger partial charge is 0.399 e. The number of hydrogen-bond acceptors (Lipinski definition) is 4. The van der Waals surface area contributed by atoms with E-state index in [0.717, 1.165) is 41.1 Å². The fourth-order valence-electron chi connectivity index (χ4n) is 2.62. The van der Waals surface area contributed by atoms with Crippen LogP contribution in [0.3, 0.4) is 0 Å². The van der Waals surface area contributed by atoms with Crippen molar-refractivity contribution in [1.29, 1.82) is 0 Å². The summed E-state index contributed by atoms with van der Waals surface area (Å²) in [5, 5.41) is 13.6. The fourth-order valence-corrected chi connectivity index (χ4v) is 2.74. The van der Waals surface area contributed by atoms with Crippen LogP contribution in [0.4, 0.5) is 0 Å². The van der Waals surface area contributed by atoms with Crippen LogP contribution in [0.5, 0.6) is 0 Å². The lowest BCUT2D eigenvalue weighted by atomic mass is 9.86. The highest BCUT2D eigenvalue weighted by Crippen LogP contribution is 2.27. The quantitative estimate of drug-likeness (QED) is 0.794. The van der Waals surface area contributed by atoms with Gasteiger partial charge < -0.3 is 4.84 Å². The van der Waals surface area contributed by atoms with Gasteiger partial charge in [-0.3, -0.25) is 0 Å². The summed E-state index contributed by atoms with van der Waals surface area (Å²) >= 11 is 5.92. The molecule has 108 valence electrons. The molecular formula is C16H16ClN3O. The molecule has 1 aromatic carbocycles. The predicted octanol–water partition coefficient (Wildman–Crippen LogP) is 3.73. The molecule has 0 fully saturated rings. The predicted molar refractivity (Wildman–Crippen MR) is 83.5 cm³/mol. The number of fused-ring (bicyclic) bond motifs is 1. The van der Waals surface area contributed by atoms with E-state index < -0.39 is 0 Å². The zero-order chi connectivity index (χ0) is 14.8. The number of hydrogen-bond donors (Lipinski definition) is 0. The Balaban J connectivity index is 2.05. The Morgan fingerprint density at radius 1 is 1.19 bits per heavy atom. The molecule has 0 saturated heterocycles. The van der Waals surface area contributed by atoms with E-state index in [0.29, 0.717) is 10.9 Å². The zero-order valence-corrected chi connectivity index (χ0v) is 12.8. The standard InChI is InChI=1S/C16H16ClN3O/c1-10-7-15-13(16(8-10)20-21-2)9-14(18-19-15)11-3-5-12(17)6-4-11/h3-6,9-10H,7-8H2,1-2H3/b20-16+. The average molecular weight is 302 g/mol. The van der Waals surface area contributed by atoms with Crippen molar-refractivity contribution in [2.75, 3.05) is 7.11 Å². The third-order valence-electron chi connectivity index (χ3n) is 3.61. The molecule has 0 radical (unpaired) electrons. The summed E-state index contributed by atoms with van der Waals surface area (Å²) in [4.78, 5) is 4.97. The van der Waals surface area contributed by atoms with Gasteiger partial charge in [-0.1, -0.05) is 35.8 Å². The van der Waals surface area contributed by atoms with Crippen molar-refractivity contribution in [2.24, 2.45) is 11.1 Å². The van der Waals surface area contributed by atoms with Gasteiger partial charge in [-0.05, 0) is 37.0 Å². The average Bonchev–Trinajstić information content (AvgIpc) is 2.48. The second-order valence-corrected chi connectivity index (χ2v) is 5.77. The molecule has 21 heavy (non-hydrogen) atoms. The van der Waals surface area contributed by atoms with Gasteiger partial charge in [0.1, 0.15) is 7.11 Å². The first-order chi connectivity index (χ1) is 10.2. The van der Waals surface area contributed by atoms with E-state index in [1.54, 1.807) is 7.11 Å². The lowest BCUT2D eigenvalue weighted by Gasteiger charge is -2.21. The molecule has 4 nitrogen and oxygen atoms in total. The van der Waals surface area contributed by atoms with E-state index in [1.807, 2.05) is 30.3 Å². The Labute approximate surface area is 128 Å². The summed E-state index contributed by atoms with van der Waals surface area (Å²) in [6, 6.07) is 9.62. The van der Waals surface area contributed by atoms with E-state index in [-0.39, 0.29) is 0 Å². The minimum atomic E-state index is 0.502. The van der Waals surface area contributed by atoms with Crippen molar-refractivity contribution in [3.05, 3.63) is 46.6 Å². The van der Waals surface area contributed by atoms with Gasteiger partial charge in [0.05, 0.1) is 17.1 Å². The Kier molecular flexibility index (Phi) is 3.88. The Morgan fingerprint density at radius 3 is 2.67 bits per heavy atom. The van der Waals surface area contributed by atoms with Gasteiger partial charge in [-0.2, -0.15) is 10.2 Å². The zero-order valence-electron chi connectivity index (χ0n) is 12.0. The Morgan fingerprint density at radius 2 is 1.95 bits per heavy atom. The van der Waals surface area contributed by atoms with Crippen molar-refractivity contribution >= 4 is 17.3 Å². The molecule has 2 aromatic rings. The molecule has 0 amide bonds. The fraction of sp³-hybridized carbons (Fsp3) is 0.312. The number of aromatic nitrogens is 2. The Bertz CT molecular complexity index is 682. The smallest absolute Gasteiger partial charge is 0.106 e. The van der Waals surface area contributed by atoms with Crippen LogP contribution < -0.4 is 0 Å². The number of oxime groups is 1. The number of rotatable bonds is 2. The van der Waals surface area contributed by atoms with Crippen molar-refractivity contribution in [2.45, 2.75) is 19.8 Å². The minimum Gasteiger partial charge on any atom is -0.399 e. The van der Waals surface area contributed by atoms with E-state index in [4.69, 9.17) is 16.4 Å². The summed E-state index contributed by atoms with van der Waals surface area (Å²) < 4.78 is 0. The molecule has 1 aliphatic carbocycles. The van der Waals surface area contributed by atoms with Gasteiger partial charge in [-0.25, -0.2) is 0 Å². The maximum Gasteiger partial charge on any atom is 0.106 e. The van der Waals surface area contributed by atoms with Gasteiger partial charge >= 0.3 is 0 Å². The second-order valence-electron chi connectivity index (χ2n) is 5.33. The summed E-state index contributed by atoms with van der Waals surface area (Å²) in [6.45, 7) is 2.18. The molecule has 0 N–H and O–H groups in total. The molecule has 0 saturated carbocycles. The van der Waals surface area contributed by atoms with Gasteiger partial charge in [0, 0.05) is 16.1 Å². The molecular weight excluding hydrogens is 286 g/mol. The monoisotopic (exact) mass is 301 g/mol. The highest BCUT2D eigenvalue weighted by Gasteiger charge is 2.23. The van der Waals surface area contributed by atoms with E-state index in [9.17, 15) is 0 Å². The van der Waals surface area contributed by atoms with Crippen molar-refractivity contribution in [1.82, 2.24) is 10.2 Å². The van der Waals surface area contributed by atoms with Crippen LogP contribution in [-0.2, 0) is 11.3 Å². The summed E-state index contributed by atoms with van der Waals surface area (Å²) in [6.07, 6.45) is 1.82. The van der Waals surface area contributed by atoms with Crippen molar-refractivity contribution in [3.63, 3.8) is 0 Å². The van der Waals surface area contributed by atoms with E-state index in [1.165, 1.54) is 0 Å². The summed E-state index contributed by atoms with van der Waals surface area (Å²) in [5.74, 6) is 0.502. The molecule has 1 atom stereocenters. The molecule has 1 unspecified atom stereocenters. The van der Waals surface area contributed by atoms with Crippen LogP contribution in [0.15, 0.2) is 35.5 Å². The molecule has 1 heterocycles. The topological polar surface area (TPSA) is 47.4 Å². The lowest BCUT2D eigenvalue weighted by Crippen LogP contribution is -2.21. The summed E-state index contributed by atoms with van der Waals surface area (Å²) in [7, 11) is 1.57. The first kappa shape index (κ1) is 14.0. The molecule has 0 spiro atoms. The second kappa shape index (κ2) is 5.82. The molecule has 1 aliphatic rings. The Hall–Kier alpha value is -1.94. The summed E-state index contributed by atoms with van der Waals surface area (Å²) in [5.41, 5.74) is 4.78. The molecule has 3 rings (SSSR count). The molecule has 5 heteroatoms. The first-order valence-corrected chi connectivity index (χ1v) is 7.28. The minimum absolute atomic E-state index is 0.502. The number of nitrogens with zero attached hydrogens (tertiary/aromatic N) is 3. The number of benzene rings is 1. The van der Waals surface area contributed by atoms with E-state index >= 15 is 0 Å². The van der Waals surface area contributed by atoms with Gasteiger partial charge in [0.15, 0.2) is 0 Å². The molecule has 1 aromatic heterocycles.